The summed E-state index contributed by atoms with van der Waals surface area (Å²) in [6.45, 7) is 3.99. The summed E-state index contributed by atoms with van der Waals surface area (Å²) >= 11 is 0. The van der Waals surface area contributed by atoms with Gasteiger partial charge < -0.3 is 4.98 Å². The number of aryl methyl sites for hydroxylation is 2. The van der Waals surface area contributed by atoms with Gasteiger partial charge in [0.15, 0.2) is 0 Å². The molecule has 1 aromatic heterocycles. The predicted molar refractivity (Wildman–Crippen MR) is 66.7 cm³/mol. The van der Waals surface area contributed by atoms with Gasteiger partial charge in [-0.15, -0.1) is 0 Å². The summed E-state index contributed by atoms with van der Waals surface area (Å²) in [5, 5.41) is 9.04. The van der Waals surface area contributed by atoms with Crippen molar-refractivity contribution in [1.82, 2.24) is 4.98 Å². The number of benzene rings is 1. The van der Waals surface area contributed by atoms with Crippen LogP contribution in [0.4, 0.5) is 0 Å². The lowest BCUT2D eigenvalue weighted by atomic mass is 9.96. The number of aromatic amines is 1. The summed E-state index contributed by atoms with van der Waals surface area (Å²) in [5.41, 5.74) is 3.66. The van der Waals surface area contributed by atoms with Gasteiger partial charge >= 0.3 is 0 Å². The number of nitrogens with zero attached hydrogens (tertiary/aromatic N) is 1. The van der Waals surface area contributed by atoms with Crippen molar-refractivity contribution in [3.8, 4) is 17.2 Å². The lowest BCUT2D eigenvalue weighted by molar-refractivity contribution is 1.21. The molecule has 0 saturated carbocycles. The van der Waals surface area contributed by atoms with Crippen molar-refractivity contribution in [2.75, 3.05) is 0 Å². The third-order valence-corrected chi connectivity index (χ3v) is 2.74. The Morgan fingerprint density at radius 2 is 1.94 bits per heavy atom. The monoisotopic (exact) mass is 224 g/mol. The highest BCUT2D eigenvalue weighted by molar-refractivity contribution is 5.72. The van der Waals surface area contributed by atoms with Gasteiger partial charge in [0.1, 0.15) is 11.6 Å². The molecule has 0 radical (unpaired) electrons. The molecule has 0 fully saturated rings. The van der Waals surface area contributed by atoms with Crippen LogP contribution in [-0.2, 0) is 0 Å². The van der Waals surface area contributed by atoms with E-state index < -0.39 is 0 Å². The fourth-order valence-corrected chi connectivity index (χ4v) is 1.93. The van der Waals surface area contributed by atoms with Crippen LogP contribution in [0, 0.1) is 25.2 Å². The van der Waals surface area contributed by atoms with E-state index in [0.717, 1.165) is 16.7 Å². The zero-order valence-corrected chi connectivity index (χ0v) is 9.74. The largest absolute Gasteiger partial charge is 0.328 e. The molecule has 0 saturated heterocycles. The predicted octanol–water partition coefficient (Wildman–Crippen LogP) is 2.53. The van der Waals surface area contributed by atoms with Crippen LogP contribution in [0.2, 0.25) is 0 Å². The molecular weight excluding hydrogens is 212 g/mol. The average molecular weight is 224 g/mol. The van der Waals surface area contributed by atoms with Gasteiger partial charge in [-0.2, -0.15) is 5.26 Å². The Labute approximate surface area is 99.4 Å². The molecular formula is C14H12N2O. The maximum absolute atomic E-state index is 11.5. The van der Waals surface area contributed by atoms with Gasteiger partial charge in [-0.1, -0.05) is 23.8 Å². The second-order valence-corrected chi connectivity index (χ2v) is 4.03. The first-order valence-corrected chi connectivity index (χ1v) is 5.33. The number of rotatable bonds is 1. The highest BCUT2D eigenvalue weighted by atomic mass is 16.1. The van der Waals surface area contributed by atoms with E-state index in [-0.39, 0.29) is 11.1 Å². The van der Waals surface area contributed by atoms with Crippen molar-refractivity contribution in [3.63, 3.8) is 0 Å². The average Bonchev–Trinajstić information content (AvgIpc) is 2.29. The fraction of sp³-hybridized carbons (Fsp3) is 0.143. The Kier molecular flexibility index (Phi) is 2.80. The summed E-state index contributed by atoms with van der Waals surface area (Å²) in [7, 11) is 0. The smallest absolute Gasteiger partial charge is 0.266 e. The van der Waals surface area contributed by atoms with Crippen LogP contribution in [0.5, 0.6) is 0 Å². The van der Waals surface area contributed by atoms with E-state index in [9.17, 15) is 4.79 Å². The van der Waals surface area contributed by atoms with E-state index in [0.29, 0.717) is 5.56 Å². The minimum absolute atomic E-state index is 0.166. The highest BCUT2D eigenvalue weighted by Crippen LogP contribution is 2.25. The molecule has 17 heavy (non-hydrogen) atoms. The summed E-state index contributed by atoms with van der Waals surface area (Å²) < 4.78 is 0. The zero-order chi connectivity index (χ0) is 12.4. The van der Waals surface area contributed by atoms with Gasteiger partial charge in [0.2, 0.25) is 0 Å². The molecule has 1 N–H and O–H groups in total. The number of aromatic nitrogens is 1. The first-order chi connectivity index (χ1) is 8.13. The summed E-state index contributed by atoms with van der Waals surface area (Å²) in [6.07, 6.45) is 1.57. The number of H-pyrrole nitrogens is 1. The molecule has 3 heteroatoms. The van der Waals surface area contributed by atoms with Gasteiger partial charge in [-0.3, -0.25) is 4.79 Å². The maximum atomic E-state index is 11.5. The molecule has 0 aliphatic carbocycles. The molecule has 2 rings (SSSR count). The fourth-order valence-electron chi connectivity index (χ4n) is 1.93. The van der Waals surface area contributed by atoms with Crippen LogP contribution >= 0.6 is 0 Å². The summed E-state index contributed by atoms with van der Waals surface area (Å²) in [4.78, 5) is 14.1. The van der Waals surface area contributed by atoms with E-state index in [4.69, 9.17) is 5.26 Å². The number of hydrogen-bond acceptors (Lipinski definition) is 2. The van der Waals surface area contributed by atoms with Crippen molar-refractivity contribution in [1.29, 1.82) is 5.26 Å². The van der Waals surface area contributed by atoms with Crippen molar-refractivity contribution in [3.05, 3.63) is 57.5 Å². The van der Waals surface area contributed by atoms with Gasteiger partial charge in [0.05, 0.1) is 0 Å². The summed E-state index contributed by atoms with van der Waals surface area (Å²) in [6, 6.07) is 9.68. The van der Waals surface area contributed by atoms with Crippen LogP contribution in [0.3, 0.4) is 0 Å². The second-order valence-electron chi connectivity index (χ2n) is 4.03. The quantitative estimate of drug-likeness (QED) is 0.809. The topological polar surface area (TPSA) is 56.6 Å². The van der Waals surface area contributed by atoms with E-state index in [1.807, 2.05) is 38.1 Å². The maximum Gasteiger partial charge on any atom is 0.266 e. The molecule has 84 valence electrons. The van der Waals surface area contributed by atoms with E-state index >= 15 is 0 Å². The molecule has 0 bridgehead atoms. The Balaban J connectivity index is 2.74. The number of pyridine rings is 1. The molecule has 3 nitrogen and oxygen atoms in total. The van der Waals surface area contributed by atoms with Crippen molar-refractivity contribution >= 4 is 0 Å². The molecule has 1 aromatic carbocycles. The molecule has 1 heterocycles. The molecule has 0 aliphatic heterocycles. The second kappa shape index (κ2) is 4.26. The molecule has 0 unspecified atom stereocenters. The minimum Gasteiger partial charge on any atom is -0.328 e. The molecule has 2 aromatic rings. The Hall–Kier alpha value is -2.34. The van der Waals surface area contributed by atoms with Crippen molar-refractivity contribution in [2.24, 2.45) is 0 Å². The van der Waals surface area contributed by atoms with E-state index in [1.165, 1.54) is 0 Å². The Bertz CT molecular complexity index is 663. The number of nitriles is 1. The van der Waals surface area contributed by atoms with Crippen molar-refractivity contribution < 1.29 is 0 Å². The molecule has 0 atom stereocenters. The normalized spacial score (nSPS) is 9.94. The minimum atomic E-state index is -0.343. The lowest BCUT2D eigenvalue weighted by Crippen LogP contribution is -2.10. The number of hydrogen-bond donors (Lipinski definition) is 1. The zero-order valence-electron chi connectivity index (χ0n) is 9.74. The first-order valence-electron chi connectivity index (χ1n) is 5.33. The SMILES string of the molecule is Cc1ccc(-c2cc[nH]c(=O)c2C#N)c(C)c1. The van der Waals surface area contributed by atoms with Gasteiger partial charge in [0, 0.05) is 11.8 Å². The van der Waals surface area contributed by atoms with E-state index in [2.05, 4.69) is 4.98 Å². The van der Waals surface area contributed by atoms with Crippen LogP contribution < -0.4 is 5.56 Å². The Morgan fingerprint density at radius 1 is 1.18 bits per heavy atom. The lowest BCUT2D eigenvalue weighted by Gasteiger charge is -2.07. The van der Waals surface area contributed by atoms with Gasteiger partial charge in [0.25, 0.3) is 5.56 Å². The first kappa shape index (κ1) is 11.2. The summed E-state index contributed by atoms with van der Waals surface area (Å²) in [5.74, 6) is 0. The van der Waals surface area contributed by atoms with Crippen LogP contribution in [-0.4, -0.2) is 4.98 Å². The van der Waals surface area contributed by atoms with Gasteiger partial charge in [-0.05, 0) is 31.0 Å². The van der Waals surface area contributed by atoms with Crippen LogP contribution in [0.15, 0.2) is 35.3 Å². The molecule has 0 amide bonds. The third kappa shape index (κ3) is 1.98. The third-order valence-electron chi connectivity index (χ3n) is 2.74. The standard InChI is InChI=1S/C14H12N2O/c1-9-3-4-11(10(2)7-9)12-5-6-16-14(17)13(12)8-15/h3-7H,1-2H3,(H,16,17). The highest BCUT2D eigenvalue weighted by Gasteiger charge is 2.10. The Morgan fingerprint density at radius 3 is 2.59 bits per heavy atom. The van der Waals surface area contributed by atoms with Crippen molar-refractivity contribution in [2.45, 2.75) is 13.8 Å². The van der Waals surface area contributed by atoms with Gasteiger partial charge in [-0.25, -0.2) is 0 Å². The number of nitrogens with one attached hydrogen (secondary N) is 1. The molecule has 0 spiro atoms. The van der Waals surface area contributed by atoms with E-state index in [1.54, 1.807) is 12.3 Å². The van der Waals surface area contributed by atoms with Crippen LogP contribution in [0.25, 0.3) is 11.1 Å². The van der Waals surface area contributed by atoms with Crippen LogP contribution in [0.1, 0.15) is 16.7 Å². The molecule has 0 aliphatic rings.